The Balaban J connectivity index is 4.00. The van der Waals surface area contributed by atoms with Crippen LogP contribution >= 0.6 is 0 Å². The van der Waals surface area contributed by atoms with Crippen LogP contribution in [0.2, 0.25) is 15.6 Å². The van der Waals surface area contributed by atoms with Gasteiger partial charge in [-0.3, -0.25) is 0 Å². The van der Waals surface area contributed by atoms with E-state index in [1.807, 2.05) is 0 Å². The summed E-state index contributed by atoms with van der Waals surface area (Å²) in [6.07, 6.45) is 11.2. The minimum atomic E-state index is -2.47. The molecule has 0 rings (SSSR count). The van der Waals surface area contributed by atoms with Crippen LogP contribution in [0.5, 0.6) is 0 Å². The van der Waals surface area contributed by atoms with Crippen LogP contribution in [0, 0.1) is 0 Å². The van der Waals surface area contributed by atoms with Crippen LogP contribution in [-0.2, 0) is 3.74 Å². The Morgan fingerprint density at radius 3 is 1.12 bits per heavy atom. The first-order chi connectivity index (χ1) is 8.18. The zero-order chi connectivity index (χ0) is 13.0. The molecule has 0 aliphatic heterocycles. The Labute approximate surface area is 111 Å². The summed E-state index contributed by atoms with van der Waals surface area (Å²) in [6, 6.07) is 0. The summed E-state index contributed by atoms with van der Waals surface area (Å²) in [4.78, 5) is 0. The molecule has 0 saturated heterocycles. The fourth-order valence-corrected chi connectivity index (χ4v) is 8.73. The van der Waals surface area contributed by atoms with Crippen LogP contribution in [0.1, 0.15) is 78.6 Å². The van der Waals surface area contributed by atoms with Gasteiger partial charge in [-0.1, -0.05) is 0 Å². The number of hydrogen-bond donors (Lipinski definition) is 0. The molecule has 104 valence electrons. The number of rotatable bonds is 12. The molecule has 0 aliphatic carbocycles. The van der Waals surface area contributed by atoms with Gasteiger partial charge in [-0.2, -0.15) is 0 Å². The fraction of sp³-hybridized carbons (Fsp3) is 1.00. The third kappa shape index (κ3) is 10.0. The molecule has 0 bridgehead atoms. The second kappa shape index (κ2) is 11.4. The summed E-state index contributed by atoms with van der Waals surface area (Å²) in [5.41, 5.74) is 0. The average Bonchev–Trinajstić information content (AvgIpc) is 2.30. The Morgan fingerprint density at radius 2 is 0.882 bits per heavy atom. The monoisotopic (exact) mass is 304 g/mol. The topological polar surface area (TPSA) is 17.1 Å². The normalized spacial score (nSPS) is 11.9. The molecular formula is C15H33AsO. The first-order valence-corrected chi connectivity index (χ1v) is 12.5. The molecule has 0 heterocycles. The summed E-state index contributed by atoms with van der Waals surface area (Å²) >= 11 is -2.47. The van der Waals surface area contributed by atoms with Crippen LogP contribution in [0.25, 0.3) is 0 Å². The van der Waals surface area contributed by atoms with E-state index in [0.717, 1.165) is 15.6 Å². The van der Waals surface area contributed by atoms with E-state index in [-0.39, 0.29) is 0 Å². The van der Waals surface area contributed by atoms with Crippen LogP contribution < -0.4 is 0 Å². The van der Waals surface area contributed by atoms with Gasteiger partial charge in [-0.25, -0.2) is 0 Å². The molecule has 0 N–H and O–H groups in total. The SMILES string of the molecule is CCCCC[As](=O)(CCCCC)CCCCC. The van der Waals surface area contributed by atoms with Gasteiger partial charge < -0.3 is 0 Å². The summed E-state index contributed by atoms with van der Waals surface area (Å²) in [5, 5.41) is 3.25. The molecule has 0 aromatic carbocycles. The standard InChI is InChI=1S/C15H33AsO/c1-4-7-10-13-16(17,14-11-8-5-2)15-12-9-6-3/h4-15H2,1-3H3. The van der Waals surface area contributed by atoms with Crippen LogP contribution in [0.15, 0.2) is 0 Å². The van der Waals surface area contributed by atoms with Crippen molar-refractivity contribution in [1.29, 1.82) is 0 Å². The van der Waals surface area contributed by atoms with Gasteiger partial charge in [0.1, 0.15) is 0 Å². The second-order valence-corrected chi connectivity index (χ2v) is 12.6. The number of unbranched alkanes of at least 4 members (excludes halogenated alkanes) is 6. The molecule has 0 aromatic heterocycles. The molecule has 2 heteroatoms. The quantitative estimate of drug-likeness (QED) is 0.322. The third-order valence-electron chi connectivity index (χ3n) is 3.51. The van der Waals surface area contributed by atoms with Gasteiger partial charge in [0.2, 0.25) is 0 Å². The molecule has 0 fully saturated rings. The molecule has 0 spiro atoms. The van der Waals surface area contributed by atoms with Crippen molar-refractivity contribution in [3.05, 3.63) is 0 Å². The summed E-state index contributed by atoms with van der Waals surface area (Å²) < 4.78 is 12.9. The molecule has 0 aromatic rings. The van der Waals surface area contributed by atoms with E-state index in [2.05, 4.69) is 20.8 Å². The van der Waals surface area contributed by atoms with Crippen LogP contribution in [-0.4, -0.2) is 13.5 Å². The first kappa shape index (κ1) is 17.4. The van der Waals surface area contributed by atoms with E-state index in [4.69, 9.17) is 0 Å². The Morgan fingerprint density at radius 1 is 0.588 bits per heavy atom. The molecule has 0 aliphatic rings. The summed E-state index contributed by atoms with van der Waals surface area (Å²) in [7, 11) is 0. The van der Waals surface area contributed by atoms with Crippen molar-refractivity contribution < 1.29 is 3.74 Å². The van der Waals surface area contributed by atoms with Crippen molar-refractivity contribution in [2.45, 2.75) is 94.2 Å². The van der Waals surface area contributed by atoms with E-state index in [0.29, 0.717) is 0 Å². The maximum absolute atomic E-state index is 12.9. The predicted molar refractivity (Wildman–Crippen MR) is 79.4 cm³/mol. The van der Waals surface area contributed by atoms with Gasteiger partial charge in [-0.05, 0) is 0 Å². The average molecular weight is 304 g/mol. The van der Waals surface area contributed by atoms with Gasteiger partial charge in [0.25, 0.3) is 0 Å². The Kier molecular flexibility index (Phi) is 11.7. The fourth-order valence-electron chi connectivity index (χ4n) is 2.29. The zero-order valence-corrected chi connectivity index (χ0v) is 14.2. The number of hydrogen-bond acceptors (Lipinski definition) is 1. The van der Waals surface area contributed by atoms with Crippen molar-refractivity contribution in [3.63, 3.8) is 0 Å². The van der Waals surface area contributed by atoms with Gasteiger partial charge in [0.05, 0.1) is 0 Å². The van der Waals surface area contributed by atoms with E-state index in [9.17, 15) is 3.74 Å². The second-order valence-electron chi connectivity index (χ2n) is 5.35. The van der Waals surface area contributed by atoms with Crippen molar-refractivity contribution in [1.82, 2.24) is 0 Å². The van der Waals surface area contributed by atoms with Gasteiger partial charge in [0.15, 0.2) is 0 Å². The van der Waals surface area contributed by atoms with E-state index in [1.54, 1.807) is 0 Å². The zero-order valence-electron chi connectivity index (χ0n) is 12.3. The molecule has 0 amide bonds. The first-order valence-electron chi connectivity index (χ1n) is 7.75. The molecular weight excluding hydrogens is 271 g/mol. The van der Waals surface area contributed by atoms with E-state index >= 15 is 0 Å². The molecule has 0 saturated carbocycles. The summed E-state index contributed by atoms with van der Waals surface area (Å²) in [5.74, 6) is 0. The van der Waals surface area contributed by atoms with Crippen molar-refractivity contribution in [2.75, 3.05) is 0 Å². The summed E-state index contributed by atoms with van der Waals surface area (Å²) in [6.45, 7) is 6.68. The van der Waals surface area contributed by atoms with Gasteiger partial charge in [0, 0.05) is 0 Å². The van der Waals surface area contributed by atoms with E-state index in [1.165, 1.54) is 57.8 Å². The van der Waals surface area contributed by atoms with Crippen molar-refractivity contribution in [2.24, 2.45) is 0 Å². The Hall–Kier alpha value is 0.358. The van der Waals surface area contributed by atoms with Crippen molar-refractivity contribution in [3.8, 4) is 0 Å². The predicted octanol–water partition coefficient (Wildman–Crippen LogP) is 5.93. The Bertz CT molecular complexity index is 168. The molecule has 1 nitrogen and oxygen atoms in total. The molecule has 17 heavy (non-hydrogen) atoms. The van der Waals surface area contributed by atoms with E-state index < -0.39 is 13.5 Å². The van der Waals surface area contributed by atoms with Gasteiger partial charge >= 0.3 is 111 Å². The third-order valence-corrected chi connectivity index (χ3v) is 10.6. The maximum atomic E-state index is 12.9. The molecule has 0 atom stereocenters. The minimum absolute atomic E-state index is 1.08. The van der Waals surface area contributed by atoms with Gasteiger partial charge in [-0.15, -0.1) is 0 Å². The van der Waals surface area contributed by atoms with Crippen molar-refractivity contribution >= 4 is 13.5 Å². The van der Waals surface area contributed by atoms with Crippen LogP contribution in [0.3, 0.4) is 0 Å². The molecule has 0 radical (unpaired) electrons. The van der Waals surface area contributed by atoms with Crippen LogP contribution in [0.4, 0.5) is 0 Å². The molecule has 0 unspecified atom stereocenters.